The number of carbonyl (C=O) groups is 1. The van der Waals surface area contributed by atoms with E-state index in [2.05, 4.69) is 14.5 Å². The minimum absolute atomic E-state index is 0.112. The quantitative estimate of drug-likeness (QED) is 0.557. The molecule has 5 heterocycles. The number of nitrogens with zero attached hydrogens (tertiary/aromatic N) is 4. The minimum atomic E-state index is -0.156. The molecule has 1 aliphatic carbocycles. The first-order valence-electron chi connectivity index (χ1n) is 10.1. The molecule has 6 rings (SSSR count). The van der Waals surface area contributed by atoms with E-state index in [1.54, 1.807) is 12.3 Å². The van der Waals surface area contributed by atoms with Crippen molar-refractivity contribution < 1.29 is 14.3 Å². The second kappa shape index (κ2) is 6.18. The van der Waals surface area contributed by atoms with Crippen LogP contribution in [0.3, 0.4) is 0 Å². The molecule has 29 heavy (non-hydrogen) atoms. The zero-order valence-electron chi connectivity index (χ0n) is 15.8. The van der Waals surface area contributed by atoms with Crippen molar-refractivity contribution in [3.8, 4) is 11.6 Å². The molecule has 8 nitrogen and oxygen atoms in total. The lowest BCUT2D eigenvalue weighted by Gasteiger charge is -2.19. The maximum absolute atomic E-state index is 12.6. The molecule has 1 saturated heterocycles. The highest BCUT2D eigenvalue weighted by molar-refractivity contribution is 6.02. The molecule has 1 atom stereocenters. The van der Waals surface area contributed by atoms with Crippen molar-refractivity contribution in [2.24, 2.45) is 5.92 Å². The highest BCUT2D eigenvalue weighted by Gasteiger charge is 2.38. The van der Waals surface area contributed by atoms with Crippen molar-refractivity contribution in [2.75, 3.05) is 13.1 Å². The third-order valence-corrected chi connectivity index (χ3v) is 6.04. The van der Waals surface area contributed by atoms with Gasteiger partial charge in [0.15, 0.2) is 11.6 Å². The third-order valence-electron chi connectivity index (χ3n) is 6.04. The fourth-order valence-electron chi connectivity index (χ4n) is 4.45. The summed E-state index contributed by atoms with van der Waals surface area (Å²) in [5, 5.41) is 10.4. The number of rotatable bonds is 4. The van der Waals surface area contributed by atoms with Gasteiger partial charge in [0, 0.05) is 30.6 Å². The fraction of sp³-hybridized carbons (Fsp3) is 0.381. The number of likely N-dealkylation sites (tertiary alicyclic amines) is 1. The molecule has 8 heteroatoms. The van der Waals surface area contributed by atoms with Crippen molar-refractivity contribution in [2.45, 2.75) is 31.9 Å². The number of amides is 1. The Morgan fingerprint density at radius 1 is 1.28 bits per heavy atom. The van der Waals surface area contributed by atoms with Gasteiger partial charge in [-0.15, -0.1) is 0 Å². The largest absolute Gasteiger partial charge is 0.455 e. The number of H-pyrrole nitrogens is 1. The summed E-state index contributed by atoms with van der Waals surface area (Å²) in [6.45, 7) is 1.28. The van der Waals surface area contributed by atoms with E-state index in [1.807, 2.05) is 23.2 Å². The van der Waals surface area contributed by atoms with Crippen molar-refractivity contribution in [3.63, 3.8) is 0 Å². The minimum Gasteiger partial charge on any atom is -0.455 e. The summed E-state index contributed by atoms with van der Waals surface area (Å²) in [6, 6.07) is 5.73. The zero-order chi connectivity index (χ0) is 19.5. The Morgan fingerprint density at radius 2 is 2.17 bits per heavy atom. The lowest BCUT2D eigenvalue weighted by atomic mass is 10.2. The Hall–Kier alpha value is -3.13. The van der Waals surface area contributed by atoms with Crippen LogP contribution in [0.5, 0.6) is 0 Å². The lowest BCUT2D eigenvalue weighted by Crippen LogP contribution is -2.30. The number of furan rings is 1. The zero-order valence-corrected chi connectivity index (χ0v) is 15.8. The Kier molecular flexibility index (Phi) is 3.58. The summed E-state index contributed by atoms with van der Waals surface area (Å²) < 4.78 is 8.02. The average molecular weight is 391 g/mol. The van der Waals surface area contributed by atoms with Gasteiger partial charge in [0.2, 0.25) is 5.91 Å². The highest BCUT2D eigenvalue weighted by Crippen LogP contribution is 2.38. The SMILES string of the molecule is O=C(C1CC1)N1CCC(n2c(-c3ccc(CO)o3)nc3cnc4[nH]ccc4c32)C1. The van der Waals surface area contributed by atoms with E-state index in [0.29, 0.717) is 23.9 Å². The molecular formula is C21H21N5O3. The summed E-state index contributed by atoms with van der Waals surface area (Å²) in [7, 11) is 0. The Labute approximate surface area is 166 Å². The van der Waals surface area contributed by atoms with Gasteiger partial charge in [-0.2, -0.15) is 0 Å². The topological polar surface area (TPSA) is 100 Å². The summed E-state index contributed by atoms with van der Waals surface area (Å²) >= 11 is 0. The van der Waals surface area contributed by atoms with Gasteiger partial charge >= 0.3 is 0 Å². The number of hydrogen-bond donors (Lipinski definition) is 2. The van der Waals surface area contributed by atoms with Gasteiger partial charge in [0.05, 0.1) is 17.8 Å². The number of aliphatic hydroxyl groups excluding tert-OH is 1. The first-order chi connectivity index (χ1) is 14.2. The number of carbonyl (C=O) groups excluding carboxylic acids is 1. The molecule has 0 aromatic carbocycles. The Bertz CT molecular complexity index is 1230. The molecule has 2 fully saturated rings. The van der Waals surface area contributed by atoms with Gasteiger partial charge in [0.1, 0.15) is 23.5 Å². The number of fused-ring (bicyclic) bond motifs is 3. The second-order valence-corrected chi connectivity index (χ2v) is 7.96. The van der Waals surface area contributed by atoms with E-state index in [1.165, 1.54) is 0 Å². The first-order valence-corrected chi connectivity index (χ1v) is 10.1. The summed E-state index contributed by atoms with van der Waals surface area (Å²) in [5.41, 5.74) is 2.60. The summed E-state index contributed by atoms with van der Waals surface area (Å²) in [5.74, 6) is 2.33. The first kappa shape index (κ1) is 16.8. The van der Waals surface area contributed by atoms with E-state index in [-0.39, 0.29) is 24.5 Å². The number of pyridine rings is 1. The van der Waals surface area contributed by atoms with Gasteiger partial charge in [-0.1, -0.05) is 0 Å². The predicted octanol–water partition coefficient (Wildman–Crippen LogP) is 2.85. The fourth-order valence-corrected chi connectivity index (χ4v) is 4.45. The van der Waals surface area contributed by atoms with Crippen molar-refractivity contribution in [3.05, 3.63) is 36.4 Å². The predicted molar refractivity (Wildman–Crippen MR) is 106 cm³/mol. The Balaban J connectivity index is 1.51. The van der Waals surface area contributed by atoms with E-state index in [0.717, 1.165) is 47.9 Å². The van der Waals surface area contributed by atoms with Crippen LogP contribution in [0, 0.1) is 5.92 Å². The molecule has 2 N–H and O–H groups in total. The van der Waals surface area contributed by atoms with Crippen molar-refractivity contribution in [1.29, 1.82) is 0 Å². The van der Waals surface area contributed by atoms with Gasteiger partial charge in [-0.25, -0.2) is 9.97 Å². The van der Waals surface area contributed by atoms with Crippen LogP contribution in [0.4, 0.5) is 0 Å². The second-order valence-electron chi connectivity index (χ2n) is 7.96. The molecule has 0 bridgehead atoms. The van der Waals surface area contributed by atoms with Gasteiger partial charge < -0.3 is 24.0 Å². The van der Waals surface area contributed by atoms with Crippen LogP contribution in [0.15, 0.2) is 35.0 Å². The van der Waals surface area contributed by atoms with E-state index in [4.69, 9.17) is 9.40 Å². The highest BCUT2D eigenvalue weighted by atomic mass is 16.4. The summed E-state index contributed by atoms with van der Waals surface area (Å²) in [6.07, 6.45) is 6.56. The van der Waals surface area contributed by atoms with Crippen LogP contribution >= 0.6 is 0 Å². The maximum Gasteiger partial charge on any atom is 0.225 e. The van der Waals surface area contributed by atoms with Crippen LogP contribution in [0.1, 0.15) is 31.1 Å². The molecule has 0 spiro atoms. The molecule has 1 saturated carbocycles. The number of aliphatic hydroxyl groups is 1. The molecule has 0 radical (unpaired) electrons. The number of nitrogens with one attached hydrogen (secondary N) is 1. The molecule has 1 aliphatic heterocycles. The normalized spacial score (nSPS) is 19.6. The molecule has 4 aromatic heterocycles. The van der Waals surface area contributed by atoms with Crippen molar-refractivity contribution in [1.82, 2.24) is 24.4 Å². The summed E-state index contributed by atoms with van der Waals surface area (Å²) in [4.78, 5) is 27.1. The van der Waals surface area contributed by atoms with Crippen LogP contribution in [0.25, 0.3) is 33.7 Å². The van der Waals surface area contributed by atoms with Crippen LogP contribution in [-0.4, -0.2) is 48.5 Å². The monoisotopic (exact) mass is 391 g/mol. The molecule has 148 valence electrons. The molecule has 1 amide bonds. The smallest absolute Gasteiger partial charge is 0.225 e. The lowest BCUT2D eigenvalue weighted by molar-refractivity contribution is -0.131. The molecule has 4 aromatic rings. The van der Waals surface area contributed by atoms with Crippen LogP contribution < -0.4 is 0 Å². The van der Waals surface area contributed by atoms with E-state index in [9.17, 15) is 9.90 Å². The number of aromatic amines is 1. The molecule has 1 unspecified atom stereocenters. The maximum atomic E-state index is 12.6. The van der Waals surface area contributed by atoms with Crippen molar-refractivity contribution >= 4 is 28.0 Å². The van der Waals surface area contributed by atoms with Gasteiger partial charge in [-0.05, 0) is 37.5 Å². The van der Waals surface area contributed by atoms with E-state index >= 15 is 0 Å². The van der Waals surface area contributed by atoms with E-state index < -0.39 is 0 Å². The third kappa shape index (κ3) is 2.59. The number of hydrogen-bond acceptors (Lipinski definition) is 5. The number of imidazole rings is 1. The van der Waals surface area contributed by atoms with Gasteiger partial charge in [0.25, 0.3) is 0 Å². The average Bonchev–Trinajstić information content (AvgIpc) is 3.17. The van der Waals surface area contributed by atoms with Gasteiger partial charge in [-0.3, -0.25) is 4.79 Å². The standard InChI is InChI=1S/C21H21N5O3/c27-11-14-3-4-17(29-14)20-24-16-9-23-19-15(5-7-22-19)18(16)26(20)13-6-8-25(10-13)21(28)12-1-2-12/h3-5,7,9,12-13,27H,1-2,6,8,10-11H2,(H,22,23). The van der Waals surface area contributed by atoms with Crippen LogP contribution in [0.2, 0.25) is 0 Å². The number of aromatic nitrogens is 4. The molecule has 2 aliphatic rings. The Morgan fingerprint density at radius 3 is 2.97 bits per heavy atom. The molecular weight excluding hydrogens is 370 g/mol. The van der Waals surface area contributed by atoms with Crippen LogP contribution in [-0.2, 0) is 11.4 Å².